The van der Waals surface area contributed by atoms with Crippen molar-refractivity contribution in [1.29, 1.82) is 0 Å². The van der Waals surface area contributed by atoms with Gasteiger partial charge in [-0.2, -0.15) is 8.42 Å². The first-order valence-electron chi connectivity index (χ1n) is 3.70. The molecule has 0 spiro atoms. The molecule has 0 bridgehead atoms. The van der Waals surface area contributed by atoms with Crippen molar-refractivity contribution in [2.45, 2.75) is 19.8 Å². The van der Waals surface area contributed by atoms with Crippen molar-refractivity contribution < 1.29 is 17.8 Å². The Balaban J connectivity index is -0.000000177. The van der Waals surface area contributed by atoms with E-state index in [1.54, 1.807) is 0 Å². The molecule has 1 amide bonds. The molecule has 0 unspecified atom stereocenters. The van der Waals surface area contributed by atoms with E-state index in [9.17, 15) is 13.2 Å². The molecule has 0 aromatic carbocycles. The molecular formula is C7H16KNO4S. The van der Waals surface area contributed by atoms with Crippen LogP contribution in [0.5, 0.6) is 0 Å². The van der Waals surface area contributed by atoms with Crippen LogP contribution in [0, 0.1) is 0 Å². The molecule has 0 aliphatic carbocycles. The summed E-state index contributed by atoms with van der Waals surface area (Å²) in [7, 11) is -3.69. The average Bonchev–Trinajstić information content (AvgIpc) is 2.00. The maximum absolute atomic E-state index is 9.95. The van der Waals surface area contributed by atoms with Crippen LogP contribution < -0.4 is 5.73 Å². The Morgan fingerprint density at radius 2 is 1.93 bits per heavy atom. The molecule has 7 heteroatoms. The summed E-state index contributed by atoms with van der Waals surface area (Å²) in [6.07, 6.45) is 2.39. The van der Waals surface area contributed by atoms with Crippen LogP contribution in [0.3, 0.4) is 0 Å². The van der Waals surface area contributed by atoms with Gasteiger partial charge in [-0.15, -0.1) is 0 Å². The molecule has 0 saturated carbocycles. The number of hydrogen-bond donors (Lipinski definition) is 2. The number of amides is 1. The molecule has 3 N–H and O–H groups in total. The third-order valence-corrected chi connectivity index (χ3v) is 1.76. The van der Waals surface area contributed by atoms with Crippen LogP contribution in [-0.2, 0) is 14.9 Å². The van der Waals surface area contributed by atoms with Crippen molar-refractivity contribution in [1.82, 2.24) is 0 Å². The summed E-state index contributed by atoms with van der Waals surface area (Å²) in [6, 6.07) is 0. The number of carbonyl (C=O) groups excluding carboxylic acids is 1. The van der Waals surface area contributed by atoms with Crippen molar-refractivity contribution in [2.75, 3.05) is 5.75 Å². The summed E-state index contributed by atoms with van der Waals surface area (Å²) < 4.78 is 28.0. The molecule has 0 atom stereocenters. The van der Waals surface area contributed by atoms with Crippen molar-refractivity contribution >= 4 is 67.4 Å². The van der Waals surface area contributed by atoms with Crippen molar-refractivity contribution in [3.8, 4) is 0 Å². The summed E-state index contributed by atoms with van der Waals surface area (Å²) >= 11 is 0. The van der Waals surface area contributed by atoms with E-state index in [0.29, 0.717) is 6.42 Å². The van der Waals surface area contributed by atoms with Gasteiger partial charge in [0, 0.05) is 0 Å². The number of hydrogen-bond acceptors (Lipinski definition) is 3. The Labute approximate surface area is 127 Å². The van der Waals surface area contributed by atoms with Crippen LogP contribution in [0.4, 0.5) is 0 Å². The predicted molar refractivity (Wildman–Crippen MR) is 57.9 cm³/mol. The SMILES string of the molecule is C=CC(N)=O.CCCCS(=O)(=O)O.[KH]. The van der Waals surface area contributed by atoms with Gasteiger partial charge in [0.1, 0.15) is 0 Å². The number of unbranched alkanes of at least 4 members (excludes halogenated alkanes) is 1. The van der Waals surface area contributed by atoms with Crippen molar-refractivity contribution in [3.05, 3.63) is 12.7 Å². The monoisotopic (exact) mass is 249 g/mol. The second-order valence-corrected chi connectivity index (χ2v) is 3.82. The van der Waals surface area contributed by atoms with Gasteiger partial charge in [0.05, 0.1) is 5.75 Å². The van der Waals surface area contributed by atoms with E-state index in [0.717, 1.165) is 12.5 Å². The first kappa shape index (κ1) is 20.2. The van der Waals surface area contributed by atoms with Gasteiger partial charge >= 0.3 is 51.4 Å². The molecule has 0 radical (unpaired) electrons. The molecule has 0 aromatic heterocycles. The zero-order valence-corrected chi connectivity index (χ0v) is 8.38. The summed E-state index contributed by atoms with van der Waals surface area (Å²) in [5.74, 6) is -0.589. The summed E-state index contributed by atoms with van der Waals surface area (Å²) in [5, 5.41) is 0. The first-order valence-corrected chi connectivity index (χ1v) is 5.31. The van der Waals surface area contributed by atoms with Gasteiger partial charge in [-0.25, -0.2) is 0 Å². The fourth-order valence-corrected chi connectivity index (χ4v) is 0.980. The van der Waals surface area contributed by atoms with Gasteiger partial charge in [0.2, 0.25) is 5.91 Å². The number of rotatable bonds is 4. The van der Waals surface area contributed by atoms with E-state index in [-0.39, 0.29) is 57.1 Å². The number of nitrogens with two attached hydrogens (primary N) is 1. The van der Waals surface area contributed by atoms with Gasteiger partial charge in [-0.05, 0) is 12.5 Å². The molecule has 0 heterocycles. The topological polar surface area (TPSA) is 97.5 Å². The van der Waals surface area contributed by atoms with Gasteiger partial charge in [0.15, 0.2) is 0 Å². The fraction of sp³-hybridized carbons (Fsp3) is 0.571. The molecular weight excluding hydrogens is 233 g/mol. The summed E-state index contributed by atoms with van der Waals surface area (Å²) in [4.78, 5) is 9.47. The molecule has 0 aliphatic heterocycles. The van der Waals surface area contributed by atoms with E-state index in [1.807, 2.05) is 6.92 Å². The fourth-order valence-electron chi connectivity index (χ4n) is 0.327. The minimum atomic E-state index is -3.69. The van der Waals surface area contributed by atoms with Crippen LogP contribution in [-0.4, -0.2) is 76.0 Å². The molecule has 0 rings (SSSR count). The predicted octanol–water partition coefficient (Wildman–Crippen LogP) is -0.316. The molecule has 5 nitrogen and oxygen atoms in total. The van der Waals surface area contributed by atoms with Crippen molar-refractivity contribution in [2.24, 2.45) is 5.73 Å². The normalized spacial score (nSPS) is 9.00. The molecule has 0 saturated heterocycles. The third kappa shape index (κ3) is 29.3. The zero-order chi connectivity index (χ0) is 10.9. The summed E-state index contributed by atoms with van der Waals surface area (Å²) in [5.41, 5.74) is 4.53. The molecule has 80 valence electrons. The maximum atomic E-state index is 9.95. The van der Waals surface area contributed by atoms with E-state index >= 15 is 0 Å². The first-order chi connectivity index (χ1) is 5.83. The Morgan fingerprint density at radius 1 is 1.57 bits per heavy atom. The Kier molecular flexibility index (Phi) is 17.1. The Morgan fingerprint density at radius 3 is 2.00 bits per heavy atom. The Hall–Kier alpha value is 0.756. The average molecular weight is 249 g/mol. The van der Waals surface area contributed by atoms with E-state index < -0.39 is 16.0 Å². The standard InChI is InChI=1S/C4H10O3S.C3H5NO.K.H/c1-2-3-4-8(5,6)7;1-2-3(4)5;;/h2-4H2,1H3,(H,5,6,7);2H,1H2,(H2,4,5);;. The minimum absolute atomic E-state index is 0. The zero-order valence-electron chi connectivity index (χ0n) is 7.56. The quantitative estimate of drug-likeness (QED) is 0.405. The van der Waals surface area contributed by atoms with E-state index in [1.165, 1.54) is 0 Å². The molecule has 0 aliphatic rings. The number of carbonyl (C=O) groups is 1. The van der Waals surface area contributed by atoms with Crippen LogP contribution >= 0.6 is 0 Å². The second kappa shape index (κ2) is 11.8. The summed E-state index contributed by atoms with van der Waals surface area (Å²) in [6.45, 7) is 4.95. The van der Waals surface area contributed by atoms with Gasteiger partial charge in [0.25, 0.3) is 10.1 Å². The van der Waals surface area contributed by atoms with E-state index in [4.69, 9.17) is 4.55 Å². The Bertz CT molecular complexity index is 250. The van der Waals surface area contributed by atoms with E-state index in [2.05, 4.69) is 12.3 Å². The third-order valence-electron chi connectivity index (χ3n) is 0.957. The molecule has 0 aromatic rings. The van der Waals surface area contributed by atoms with Gasteiger partial charge in [-0.3, -0.25) is 9.35 Å². The molecule has 0 fully saturated rings. The molecule has 14 heavy (non-hydrogen) atoms. The van der Waals surface area contributed by atoms with Gasteiger partial charge < -0.3 is 5.73 Å². The van der Waals surface area contributed by atoms with Crippen LogP contribution in [0.1, 0.15) is 19.8 Å². The second-order valence-electron chi connectivity index (χ2n) is 2.25. The van der Waals surface area contributed by atoms with Crippen LogP contribution in [0.15, 0.2) is 12.7 Å². The van der Waals surface area contributed by atoms with Gasteiger partial charge in [-0.1, -0.05) is 19.9 Å². The van der Waals surface area contributed by atoms with Crippen LogP contribution in [0.2, 0.25) is 0 Å². The van der Waals surface area contributed by atoms with Crippen molar-refractivity contribution in [3.63, 3.8) is 0 Å². The van der Waals surface area contributed by atoms with Crippen LogP contribution in [0.25, 0.3) is 0 Å². The number of primary amides is 1.